The molecule has 24 heavy (non-hydrogen) atoms. The van der Waals surface area contributed by atoms with Gasteiger partial charge in [0.1, 0.15) is 5.75 Å². The van der Waals surface area contributed by atoms with E-state index in [0.717, 1.165) is 0 Å². The van der Waals surface area contributed by atoms with Crippen LogP contribution < -0.4 is 10.5 Å². The molecule has 0 saturated carbocycles. The van der Waals surface area contributed by atoms with Crippen LogP contribution in [-0.4, -0.2) is 12.6 Å². The van der Waals surface area contributed by atoms with Crippen molar-refractivity contribution >= 4 is 28.9 Å². The average Bonchev–Trinajstić information content (AvgIpc) is 2.54. The van der Waals surface area contributed by atoms with Gasteiger partial charge in [-0.05, 0) is 31.2 Å². The molecule has 2 aromatic carbocycles. The largest absolute Gasteiger partial charge is 0.466 e. The van der Waals surface area contributed by atoms with Gasteiger partial charge in [-0.1, -0.05) is 17.7 Å². The summed E-state index contributed by atoms with van der Waals surface area (Å²) >= 11 is 5.90. The lowest BCUT2D eigenvalue weighted by Gasteiger charge is -2.13. The zero-order valence-electron chi connectivity index (χ0n) is 12.8. The van der Waals surface area contributed by atoms with Crippen molar-refractivity contribution in [2.75, 3.05) is 12.3 Å². The van der Waals surface area contributed by atoms with Gasteiger partial charge in [-0.25, -0.2) is 9.24 Å². The third-order valence-corrected chi connectivity index (χ3v) is 3.27. The van der Waals surface area contributed by atoms with E-state index < -0.39 is 11.8 Å². The first-order valence-corrected chi connectivity index (χ1v) is 7.40. The minimum atomic E-state index is -0.757. The number of hydrogen-bond donors (Lipinski definition) is 1. The number of nitrogen functional groups attached to an aromatic ring is 1. The maximum Gasteiger partial charge on any atom is 0.310 e. The summed E-state index contributed by atoms with van der Waals surface area (Å²) in [6, 6.07) is 7.14. The van der Waals surface area contributed by atoms with Crippen molar-refractivity contribution in [1.82, 2.24) is 0 Å². The fraction of sp³-hybridized carbons (Fsp3) is 0.176. The molecule has 5 nitrogen and oxygen atoms in total. The molecule has 0 unspecified atom stereocenters. The van der Waals surface area contributed by atoms with Crippen LogP contribution in [0, 0.1) is 12.4 Å². The first-order valence-electron chi connectivity index (χ1n) is 7.03. The molecule has 0 atom stereocenters. The van der Waals surface area contributed by atoms with Crippen LogP contribution in [0.1, 0.15) is 12.5 Å². The second-order valence-corrected chi connectivity index (χ2v) is 5.23. The number of anilines is 1. The summed E-state index contributed by atoms with van der Waals surface area (Å²) in [6.07, 6.45) is -0.237. The van der Waals surface area contributed by atoms with E-state index >= 15 is 0 Å². The molecule has 0 saturated heterocycles. The molecule has 0 heterocycles. The van der Waals surface area contributed by atoms with Crippen LogP contribution in [0.15, 0.2) is 30.3 Å². The SMILES string of the molecule is [C-]#[N+]c1cc(Cl)cc(Oc2c(N)ccc(CC(=O)OCC)c2F)c1. The van der Waals surface area contributed by atoms with Gasteiger partial charge in [0.2, 0.25) is 0 Å². The molecule has 0 aliphatic heterocycles. The van der Waals surface area contributed by atoms with Crippen molar-refractivity contribution in [3.63, 3.8) is 0 Å². The lowest BCUT2D eigenvalue weighted by atomic mass is 10.1. The van der Waals surface area contributed by atoms with Crippen LogP contribution in [0.3, 0.4) is 0 Å². The summed E-state index contributed by atoms with van der Waals surface area (Å²) in [5.74, 6) is -1.36. The number of ether oxygens (including phenoxy) is 2. The highest BCUT2D eigenvalue weighted by Gasteiger charge is 2.17. The average molecular weight is 349 g/mol. The Kier molecular flexibility index (Phi) is 5.61. The number of carbonyl (C=O) groups excluding carboxylic acids is 1. The summed E-state index contributed by atoms with van der Waals surface area (Å²) < 4.78 is 24.9. The molecule has 0 spiro atoms. The van der Waals surface area contributed by atoms with E-state index in [-0.39, 0.29) is 46.5 Å². The lowest BCUT2D eigenvalue weighted by molar-refractivity contribution is -0.142. The van der Waals surface area contributed by atoms with E-state index in [2.05, 4.69) is 4.85 Å². The van der Waals surface area contributed by atoms with Gasteiger partial charge >= 0.3 is 5.97 Å². The maximum absolute atomic E-state index is 14.6. The number of benzene rings is 2. The van der Waals surface area contributed by atoms with Crippen molar-refractivity contribution in [1.29, 1.82) is 0 Å². The number of halogens is 2. The van der Waals surface area contributed by atoms with Crippen molar-refractivity contribution in [2.45, 2.75) is 13.3 Å². The Labute approximate surface area is 143 Å². The first-order chi connectivity index (χ1) is 11.4. The van der Waals surface area contributed by atoms with Gasteiger partial charge in [0, 0.05) is 10.6 Å². The second kappa shape index (κ2) is 7.66. The van der Waals surface area contributed by atoms with Gasteiger partial charge in [0.05, 0.1) is 25.3 Å². The monoisotopic (exact) mass is 348 g/mol. The third-order valence-electron chi connectivity index (χ3n) is 3.05. The van der Waals surface area contributed by atoms with Crippen LogP contribution in [0.4, 0.5) is 15.8 Å². The van der Waals surface area contributed by atoms with Crippen LogP contribution in [0.25, 0.3) is 4.85 Å². The molecule has 124 valence electrons. The smallest absolute Gasteiger partial charge is 0.310 e. The number of hydrogen-bond acceptors (Lipinski definition) is 4. The normalized spacial score (nSPS) is 10.1. The zero-order valence-corrected chi connectivity index (χ0v) is 13.6. The maximum atomic E-state index is 14.6. The number of carbonyl (C=O) groups is 1. The fourth-order valence-electron chi connectivity index (χ4n) is 2.01. The Hall–Kier alpha value is -2.78. The van der Waals surface area contributed by atoms with E-state index in [0.29, 0.717) is 0 Å². The molecule has 0 amide bonds. The summed E-state index contributed by atoms with van der Waals surface area (Å²) in [6.45, 7) is 8.89. The minimum Gasteiger partial charge on any atom is -0.466 e. The van der Waals surface area contributed by atoms with Crippen molar-refractivity contribution in [3.8, 4) is 11.5 Å². The van der Waals surface area contributed by atoms with E-state index in [1.54, 1.807) is 6.92 Å². The number of nitrogens with two attached hydrogens (primary N) is 1. The van der Waals surface area contributed by atoms with Crippen LogP contribution >= 0.6 is 11.6 Å². The van der Waals surface area contributed by atoms with Crippen molar-refractivity contribution in [2.24, 2.45) is 0 Å². The molecule has 0 aliphatic rings. The summed E-state index contributed by atoms with van der Waals surface area (Å²) in [4.78, 5) is 14.8. The molecule has 0 bridgehead atoms. The summed E-state index contributed by atoms with van der Waals surface area (Å²) in [5.41, 5.74) is 6.17. The molecule has 7 heteroatoms. The predicted molar refractivity (Wildman–Crippen MR) is 88.9 cm³/mol. The van der Waals surface area contributed by atoms with E-state index in [4.69, 9.17) is 33.4 Å². The van der Waals surface area contributed by atoms with Crippen LogP contribution in [0.2, 0.25) is 5.02 Å². The highest BCUT2D eigenvalue weighted by Crippen LogP contribution is 2.35. The Balaban J connectivity index is 2.35. The summed E-state index contributed by atoms with van der Waals surface area (Å²) in [7, 11) is 0. The number of rotatable bonds is 5. The Morgan fingerprint density at radius 2 is 2.12 bits per heavy atom. The highest BCUT2D eigenvalue weighted by molar-refractivity contribution is 6.31. The van der Waals surface area contributed by atoms with E-state index in [9.17, 15) is 9.18 Å². The first kappa shape index (κ1) is 17.6. The van der Waals surface area contributed by atoms with Crippen molar-refractivity contribution in [3.05, 3.63) is 58.2 Å². The Bertz CT molecular complexity index is 818. The zero-order chi connectivity index (χ0) is 17.7. The molecular weight excluding hydrogens is 335 g/mol. The van der Waals surface area contributed by atoms with E-state index in [1.165, 1.54) is 30.3 Å². The minimum absolute atomic E-state index is 0.0597. The topological polar surface area (TPSA) is 65.9 Å². The quantitative estimate of drug-likeness (QED) is 0.490. The lowest BCUT2D eigenvalue weighted by Crippen LogP contribution is -2.10. The van der Waals surface area contributed by atoms with Gasteiger partial charge in [-0.2, -0.15) is 0 Å². The molecule has 0 radical (unpaired) electrons. The highest BCUT2D eigenvalue weighted by atomic mass is 35.5. The molecule has 2 aromatic rings. The molecule has 0 fully saturated rings. The van der Waals surface area contributed by atoms with Crippen LogP contribution in [-0.2, 0) is 16.0 Å². The van der Waals surface area contributed by atoms with Gasteiger partial charge in [0.15, 0.2) is 17.3 Å². The van der Waals surface area contributed by atoms with Gasteiger partial charge in [0.25, 0.3) is 0 Å². The van der Waals surface area contributed by atoms with Crippen molar-refractivity contribution < 1.29 is 18.7 Å². The van der Waals surface area contributed by atoms with Gasteiger partial charge in [-0.15, -0.1) is 0 Å². The Morgan fingerprint density at radius 1 is 1.38 bits per heavy atom. The Morgan fingerprint density at radius 3 is 2.79 bits per heavy atom. The standard InChI is InChI=1S/C17H14ClFN2O3/c1-3-23-15(22)6-10-4-5-14(20)17(16(10)19)24-13-8-11(18)7-12(9-13)21-2/h4-5,7-9H,3,6,20H2,1H3. The van der Waals surface area contributed by atoms with Gasteiger partial charge < -0.3 is 15.2 Å². The molecule has 0 aliphatic carbocycles. The molecule has 2 rings (SSSR count). The van der Waals surface area contributed by atoms with Crippen LogP contribution in [0.5, 0.6) is 11.5 Å². The van der Waals surface area contributed by atoms with E-state index in [1.807, 2.05) is 0 Å². The number of nitrogens with zero attached hydrogens (tertiary/aromatic N) is 1. The molecule has 0 aromatic heterocycles. The molecular formula is C17H14ClFN2O3. The second-order valence-electron chi connectivity index (χ2n) is 4.80. The number of esters is 1. The predicted octanol–water partition coefficient (Wildman–Crippen LogP) is 4.51. The molecule has 2 N–H and O–H groups in total. The fourth-order valence-corrected chi connectivity index (χ4v) is 2.23. The third kappa shape index (κ3) is 4.15. The van der Waals surface area contributed by atoms with Gasteiger partial charge in [-0.3, -0.25) is 4.79 Å². The summed E-state index contributed by atoms with van der Waals surface area (Å²) in [5, 5.41) is 0.278.